The maximum atomic E-state index is 11.9. The molecule has 0 saturated carbocycles. The molecular formula is C12H12N4O2S. The first kappa shape index (κ1) is 11.9. The SMILES string of the molecule is Cc1ccc2nc(NC(=O)[C@H]3CNC(=O)N3)sc2c1. The summed E-state index contributed by atoms with van der Waals surface area (Å²) in [5.41, 5.74) is 2.01. The van der Waals surface area contributed by atoms with E-state index in [1.54, 1.807) is 0 Å². The number of nitrogens with one attached hydrogen (secondary N) is 3. The summed E-state index contributed by atoms with van der Waals surface area (Å²) >= 11 is 1.42. The second kappa shape index (κ2) is 4.51. The topological polar surface area (TPSA) is 83.1 Å². The van der Waals surface area contributed by atoms with Gasteiger partial charge in [0.1, 0.15) is 6.04 Å². The molecule has 2 heterocycles. The van der Waals surface area contributed by atoms with Gasteiger partial charge in [-0.15, -0.1) is 0 Å². The standard InChI is InChI=1S/C12H12N4O2S/c1-6-2-3-7-9(4-6)19-12(15-7)16-10(17)8-5-13-11(18)14-8/h2-4,8H,5H2,1H3,(H2,13,14,18)(H,15,16,17)/t8-/m1/s1. The van der Waals surface area contributed by atoms with E-state index >= 15 is 0 Å². The van der Waals surface area contributed by atoms with Crippen LogP contribution in [0, 0.1) is 6.92 Å². The van der Waals surface area contributed by atoms with Crippen LogP contribution >= 0.6 is 11.3 Å². The molecule has 1 aliphatic heterocycles. The van der Waals surface area contributed by atoms with Crippen molar-refractivity contribution >= 4 is 38.6 Å². The number of urea groups is 1. The molecule has 6 nitrogen and oxygen atoms in total. The molecule has 3 rings (SSSR count). The van der Waals surface area contributed by atoms with E-state index in [4.69, 9.17) is 0 Å². The highest BCUT2D eigenvalue weighted by molar-refractivity contribution is 7.22. The van der Waals surface area contributed by atoms with Crippen molar-refractivity contribution in [2.75, 3.05) is 11.9 Å². The average molecular weight is 276 g/mol. The number of anilines is 1. The van der Waals surface area contributed by atoms with Crippen molar-refractivity contribution in [1.29, 1.82) is 0 Å². The normalized spacial score (nSPS) is 18.2. The highest BCUT2D eigenvalue weighted by Crippen LogP contribution is 2.26. The number of aryl methyl sites for hydroxylation is 1. The minimum atomic E-state index is -0.541. The number of hydrogen-bond acceptors (Lipinski definition) is 4. The largest absolute Gasteiger partial charge is 0.336 e. The van der Waals surface area contributed by atoms with Crippen molar-refractivity contribution in [3.63, 3.8) is 0 Å². The number of fused-ring (bicyclic) bond motifs is 1. The van der Waals surface area contributed by atoms with E-state index in [-0.39, 0.29) is 11.9 Å². The molecule has 1 saturated heterocycles. The van der Waals surface area contributed by atoms with Gasteiger partial charge in [-0.25, -0.2) is 9.78 Å². The summed E-state index contributed by atoms with van der Waals surface area (Å²) in [6, 6.07) is 5.08. The van der Waals surface area contributed by atoms with Crippen LogP contribution in [0.25, 0.3) is 10.2 Å². The van der Waals surface area contributed by atoms with Gasteiger partial charge in [-0.2, -0.15) is 0 Å². The second-order valence-electron chi connectivity index (χ2n) is 4.39. The first-order valence-electron chi connectivity index (χ1n) is 5.84. The summed E-state index contributed by atoms with van der Waals surface area (Å²) in [6.07, 6.45) is 0. The Hall–Kier alpha value is -2.15. The van der Waals surface area contributed by atoms with Crippen molar-refractivity contribution in [2.24, 2.45) is 0 Å². The molecule has 3 amide bonds. The average Bonchev–Trinajstić information content (AvgIpc) is 2.94. The fraction of sp³-hybridized carbons (Fsp3) is 0.250. The summed E-state index contributed by atoms with van der Waals surface area (Å²) in [5.74, 6) is -0.255. The molecule has 7 heteroatoms. The van der Waals surface area contributed by atoms with Crippen LogP contribution < -0.4 is 16.0 Å². The molecule has 19 heavy (non-hydrogen) atoms. The van der Waals surface area contributed by atoms with Crippen LogP contribution in [-0.4, -0.2) is 29.5 Å². The third-order valence-corrected chi connectivity index (χ3v) is 3.80. The summed E-state index contributed by atoms with van der Waals surface area (Å²) in [7, 11) is 0. The molecule has 1 aliphatic rings. The van der Waals surface area contributed by atoms with Gasteiger partial charge in [-0.1, -0.05) is 17.4 Å². The van der Waals surface area contributed by atoms with E-state index in [0.29, 0.717) is 11.7 Å². The number of aromatic nitrogens is 1. The van der Waals surface area contributed by atoms with Gasteiger partial charge in [0.2, 0.25) is 0 Å². The lowest BCUT2D eigenvalue weighted by Crippen LogP contribution is -2.38. The van der Waals surface area contributed by atoms with Gasteiger partial charge in [-0.3, -0.25) is 4.79 Å². The molecule has 1 fully saturated rings. The van der Waals surface area contributed by atoms with Crippen LogP contribution in [0.15, 0.2) is 18.2 Å². The molecule has 1 atom stereocenters. The third-order valence-electron chi connectivity index (χ3n) is 2.86. The lowest BCUT2D eigenvalue weighted by Gasteiger charge is -2.06. The van der Waals surface area contributed by atoms with E-state index < -0.39 is 6.04 Å². The molecule has 0 spiro atoms. The number of carbonyl (C=O) groups excluding carboxylic acids is 2. The van der Waals surface area contributed by atoms with Crippen LogP contribution in [0.2, 0.25) is 0 Å². The maximum absolute atomic E-state index is 11.9. The fourth-order valence-electron chi connectivity index (χ4n) is 1.89. The Bertz CT molecular complexity index is 667. The predicted octanol–water partition coefficient (Wildman–Crippen LogP) is 1.22. The van der Waals surface area contributed by atoms with E-state index in [1.165, 1.54) is 11.3 Å². The molecule has 0 radical (unpaired) electrons. The molecule has 1 aromatic heterocycles. The van der Waals surface area contributed by atoms with Gasteiger partial charge in [0, 0.05) is 6.54 Å². The molecule has 0 unspecified atom stereocenters. The Morgan fingerprint density at radius 1 is 1.53 bits per heavy atom. The molecular weight excluding hydrogens is 264 g/mol. The van der Waals surface area contributed by atoms with Crippen LogP contribution in [-0.2, 0) is 4.79 Å². The van der Waals surface area contributed by atoms with Crippen molar-refractivity contribution in [3.8, 4) is 0 Å². The van der Waals surface area contributed by atoms with Gasteiger partial charge in [0.05, 0.1) is 10.2 Å². The number of rotatable bonds is 2. The van der Waals surface area contributed by atoms with Crippen LogP contribution in [0.1, 0.15) is 5.56 Å². The summed E-state index contributed by atoms with van der Waals surface area (Å²) in [5, 5.41) is 8.35. The van der Waals surface area contributed by atoms with Gasteiger partial charge >= 0.3 is 6.03 Å². The van der Waals surface area contributed by atoms with Gasteiger partial charge in [0.15, 0.2) is 5.13 Å². The minimum absolute atomic E-state index is 0.255. The molecule has 1 aromatic carbocycles. The van der Waals surface area contributed by atoms with Crippen LogP contribution in [0.4, 0.5) is 9.93 Å². The van der Waals surface area contributed by atoms with E-state index in [9.17, 15) is 9.59 Å². The van der Waals surface area contributed by atoms with Crippen molar-refractivity contribution in [1.82, 2.24) is 15.6 Å². The zero-order valence-corrected chi connectivity index (χ0v) is 11.0. The Morgan fingerprint density at radius 3 is 3.11 bits per heavy atom. The molecule has 0 bridgehead atoms. The van der Waals surface area contributed by atoms with Crippen LogP contribution in [0.5, 0.6) is 0 Å². The van der Waals surface area contributed by atoms with Crippen molar-refractivity contribution < 1.29 is 9.59 Å². The highest BCUT2D eigenvalue weighted by Gasteiger charge is 2.27. The summed E-state index contributed by atoms with van der Waals surface area (Å²) < 4.78 is 1.03. The van der Waals surface area contributed by atoms with Crippen molar-refractivity contribution in [3.05, 3.63) is 23.8 Å². The Balaban J connectivity index is 1.77. The first-order valence-corrected chi connectivity index (χ1v) is 6.66. The predicted molar refractivity (Wildman–Crippen MR) is 73.3 cm³/mol. The lowest BCUT2D eigenvalue weighted by molar-refractivity contribution is -0.117. The monoisotopic (exact) mass is 276 g/mol. The Kier molecular flexibility index (Phi) is 2.83. The summed E-state index contributed by atoms with van der Waals surface area (Å²) in [6.45, 7) is 2.31. The molecule has 0 aliphatic carbocycles. The Labute approximate surface area is 113 Å². The van der Waals surface area contributed by atoms with Crippen LogP contribution in [0.3, 0.4) is 0 Å². The zero-order chi connectivity index (χ0) is 13.4. The number of nitrogens with zero attached hydrogens (tertiary/aromatic N) is 1. The van der Waals surface area contributed by atoms with Gasteiger partial charge in [-0.05, 0) is 24.6 Å². The second-order valence-corrected chi connectivity index (χ2v) is 5.42. The number of thiazole rings is 1. The lowest BCUT2D eigenvalue weighted by atomic mass is 10.2. The summed E-state index contributed by atoms with van der Waals surface area (Å²) in [4.78, 5) is 27.2. The van der Waals surface area contributed by atoms with E-state index in [2.05, 4.69) is 20.9 Å². The van der Waals surface area contributed by atoms with E-state index in [0.717, 1.165) is 15.8 Å². The maximum Gasteiger partial charge on any atom is 0.315 e. The number of benzene rings is 1. The third kappa shape index (κ3) is 2.37. The minimum Gasteiger partial charge on any atom is -0.336 e. The number of carbonyl (C=O) groups is 2. The molecule has 2 aromatic rings. The number of hydrogen-bond donors (Lipinski definition) is 3. The van der Waals surface area contributed by atoms with Gasteiger partial charge in [0.25, 0.3) is 5.91 Å². The molecule has 98 valence electrons. The zero-order valence-electron chi connectivity index (χ0n) is 10.2. The Morgan fingerprint density at radius 2 is 2.37 bits per heavy atom. The molecule has 3 N–H and O–H groups in total. The van der Waals surface area contributed by atoms with Gasteiger partial charge < -0.3 is 16.0 Å². The first-order chi connectivity index (χ1) is 9.11. The quantitative estimate of drug-likeness (QED) is 0.771. The number of amides is 3. The van der Waals surface area contributed by atoms with E-state index in [1.807, 2.05) is 25.1 Å². The van der Waals surface area contributed by atoms with Crippen molar-refractivity contribution in [2.45, 2.75) is 13.0 Å². The fourth-order valence-corrected chi connectivity index (χ4v) is 2.86. The smallest absolute Gasteiger partial charge is 0.315 e. The highest BCUT2D eigenvalue weighted by atomic mass is 32.1.